The number of nitrogens with zero attached hydrogens (tertiary/aromatic N) is 1. The fourth-order valence-electron chi connectivity index (χ4n) is 2.30. The summed E-state index contributed by atoms with van der Waals surface area (Å²) in [5, 5.41) is 9.26. The number of aliphatic carboxylic acids is 1. The molecule has 0 aliphatic carbocycles. The van der Waals surface area contributed by atoms with Crippen LogP contribution in [0.25, 0.3) is 0 Å². The average Bonchev–Trinajstić information content (AvgIpc) is 2.89. The Morgan fingerprint density at radius 1 is 1.50 bits per heavy atom. The summed E-state index contributed by atoms with van der Waals surface area (Å²) in [4.78, 5) is 24.6. The minimum Gasteiger partial charge on any atom is -0.493 e. The Balaban J connectivity index is 2.23. The number of carboxylic acids is 1. The number of alkyl halides is 1. The van der Waals surface area contributed by atoms with Gasteiger partial charge in [0.05, 0.1) is 18.7 Å². The molecule has 120 valence electrons. The molecule has 22 heavy (non-hydrogen) atoms. The van der Waals surface area contributed by atoms with Crippen LogP contribution in [0, 0.1) is 0 Å². The van der Waals surface area contributed by atoms with Crippen LogP contribution in [-0.2, 0) is 4.79 Å². The summed E-state index contributed by atoms with van der Waals surface area (Å²) < 4.78 is 19.6. The maximum absolute atomic E-state index is 14.1. The van der Waals surface area contributed by atoms with Crippen molar-refractivity contribution in [1.82, 2.24) is 4.90 Å². The van der Waals surface area contributed by atoms with Gasteiger partial charge in [-0.2, -0.15) is 0 Å². The number of likely N-dealkylation sites (tertiary alicyclic amines) is 1. The second-order valence-electron chi connectivity index (χ2n) is 5.24. The predicted octanol–water partition coefficient (Wildman–Crippen LogP) is 2.77. The Kier molecular flexibility index (Phi) is 4.90. The number of carbonyl (C=O) groups is 2. The van der Waals surface area contributed by atoms with E-state index in [1.54, 1.807) is 12.1 Å². The largest absolute Gasteiger partial charge is 0.493 e. The summed E-state index contributed by atoms with van der Waals surface area (Å²) in [6.45, 7) is 1.94. The second kappa shape index (κ2) is 6.52. The highest BCUT2D eigenvalue weighted by Crippen LogP contribution is 2.30. The van der Waals surface area contributed by atoms with E-state index in [1.807, 2.05) is 6.92 Å². The standard InChI is InChI=1S/C15H17ClFNO4/c1-2-7-22-12-4-3-10(16)8-11(12)13(19)18-6-5-15(17,9-18)14(20)21/h3-4,8H,2,5-7,9H2,1H3,(H,20,21). The Hall–Kier alpha value is -1.82. The Labute approximate surface area is 132 Å². The van der Waals surface area contributed by atoms with Crippen LogP contribution in [-0.4, -0.2) is 47.2 Å². The van der Waals surface area contributed by atoms with Gasteiger partial charge >= 0.3 is 5.97 Å². The first-order valence-electron chi connectivity index (χ1n) is 7.01. The van der Waals surface area contributed by atoms with Gasteiger partial charge < -0.3 is 14.7 Å². The monoisotopic (exact) mass is 329 g/mol. The SMILES string of the molecule is CCCOc1ccc(Cl)cc1C(=O)N1CCC(F)(C(=O)O)C1. The topological polar surface area (TPSA) is 66.8 Å². The summed E-state index contributed by atoms with van der Waals surface area (Å²) in [6, 6.07) is 4.64. The first kappa shape index (κ1) is 16.5. The normalized spacial score (nSPS) is 21.0. The third-order valence-corrected chi connectivity index (χ3v) is 3.76. The first-order valence-corrected chi connectivity index (χ1v) is 7.39. The molecule has 1 heterocycles. The minimum absolute atomic E-state index is 0.0430. The van der Waals surface area contributed by atoms with Gasteiger partial charge in [0.2, 0.25) is 5.67 Å². The van der Waals surface area contributed by atoms with Crippen molar-refractivity contribution in [3.05, 3.63) is 28.8 Å². The fourth-order valence-corrected chi connectivity index (χ4v) is 2.47. The molecular formula is C15H17ClFNO4. The van der Waals surface area contributed by atoms with E-state index >= 15 is 0 Å². The molecule has 0 aromatic heterocycles. The highest BCUT2D eigenvalue weighted by molar-refractivity contribution is 6.31. The lowest BCUT2D eigenvalue weighted by Gasteiger charge is -2.19. The van der Waals surface area contributed by atoms with Gasteiger partial charge in [-0.1, -0.05) is 18.5 Å². The average molecular weight is 330 g/mol. The molecular weight excluding hydrogens is 313 g/mol. The minimum atomic E-state index is -2.39. The van der Waals surface area contributed by atoms with Crippen LogP contribution in [0.15, 0.2) is 18.2 Å². The maximum Gasteiger partial charge on any atom is 0.343 e. The lowest BCUT2D eigenvalue weighted by atomic mass is 10.1. The molecule has 0 saturated carbocycles. The van der Waals surface area contributed by atoms with Gasteiger partial charge in [0, 0.05) is 18.0 Å². The molecule has 1 atom stereocenters. The van der Waals surface area contributed by atoms with Gasteiger partial charge in [0.25, 0.3) is 5.91 Å². The third-order valence-electron chi connectivity index (χ3n) is 3.52. The number of benzene rings is 1. The van der Waals surface area contributed by atoms with Crippen molar-refractivity contribution in [3.8, 4) is 5.75 Å². The predicted molar refractivity (Wildman–Crippen MR) is 79.2 cm³/mol. The number of carboxylic acid groups (broad SMARTS) is 1. The molecule has 1 aromatic rings. The summed E-state index contributed by atoms with van der Waals surface area (Å²) in [5.41, 5.74) is -2.17. The van der Waals surface area contributed by atoms with Crippen LogP contribution in [0.5, 0.6) is 5.75 Å². The van der Waals surface area contributed by atoms with Crippen LogP contribution < -0.4 is 4.74 Å². The van der Waals surface area contributed by atoms with Crippen LogP contribution in [0.2, 0.25) is 5.02 Å². The fraction of sp³-hybridized carbons (Fsp3) is 0.467. The molecule has 1 aliphatic rings. The zero-order valence-corrected chi connectivity index (χ0v) is 12.9. The van der Waals surface area contributed by atoms with E-state index < -0.39 is 24.1 Å². The van der Waals surface area contributed by atoms with E-state index in [1.165, 1.54) is 11.0 Å². The molecule has 1 N–H and O–H groups in total. The zero-order valence-electron chi connectivity index (χ0n) is 12.1. The molecule has 1 fully saturated rings. The zero-order chi connectivity index (χ0) is 16.3. The number of carbonyl (C=O) groups excluding carboxylic acids is 1. The van der Waals surface area contributed by atoms with Crippen molar-refractivity contribution >= 4 is 23.5 Å². The van der Waals surface area contributed by atoms with Gasteiger partial charge in [0.15, 0.2) is 0 Å². The van der Waals surface area contributed by atoms with Gasteiger partial charge in [0.1, 0.15) is 5.75 Å². The second-order valence-corrected chi connectivity index (χ2v) is 5.67. The van der Waals surface area contributed by atoms with Crippen LogP contribution in [0.3, 0.4) is 0 Å². The molecule has 1 aliphatic heterocycles. The van der Waals surface area contributed by atoms with E-state index in [4.69, 9.17) is 21.4 Å². The Morgan fingerprint density at radius 3 is 2.82 bits per heavy atom. The van der Waals surface area contributed by atoms with Crippen LogP contribution >= 0.6 is 11.6 Å². The summed E-state index contributed by atoms with van der Waals surface area (Å²) in [7, 11) is 0. The van der Waals surface area contributed by atoms with Crippen molar-refractivity contribution in [3.63, 3.8) is 0 Å². The summed E-state index contributed by atoms with van der Waals surface area (Å²) in [6.07, 6.45) is 0.548. The molecule has 0 radical (unpaired) electrons. The van der Waals surface area contributed by atoms with E-state index in [9.17, 15) is 14.0 Å². The van der Waals surface area contributed by atoms with Crippen molar-refractivity contribution in [2.45, 2.75) is 25.4 Å². The van der Waals surface area contributed by atoms with Gasteiger partial charge in [-0.05, 0) is 24.6 Å². The molecule has 1 amide bonds. The first-order chi connectivity index (χ1) is 10.4. The quantitative estimate of drug-likeness (QED) is 0.902. The highest BCUT2D eigenvalue weighted by Gasteiger charge is 2.47. The third kappa shape index (κ3) is 3.32. The lowest BCUT2D eigenvalue weighted by molar-refractivity contribution is -0.149. The number of amides is 1. The van der Waals surface area contributed by atoms with Gasteiger partial charge in [-0.3, -0.25) is 4.79 Å². The molecule has 7 heteroatoms. The van der Waals surface area contributed by atoms with E-state index in [0.717, 1.165) is 6.42 Å². The smallest absolute Gasteiger partial charge is 0.343 e. The van der Waals surface area contributed by atoms with Crippen molar-refractivity contribution in [2.24, 2.45) is 0 Å². The van der Waals surface area contributed by atoms with Crippen LogP contribution in [0.1, 0.15) is 30.1 Å². The molecule has 5 nitrogen and oxygen atoms in total. The highest BCUT2D eigenvalue weighted by atomic mass is 35.5. The number of rotatable bonds is 5. The number of halogens is 2. The summed E-state index contributed by atoms with van der Waals surface area (Å²) in [5.74, 6) is -1.66. The van der Waals surface area contributed by atoms with Crippen molar-refractivity contribution in [2.75, 3.05) is 19.7 Å². The molecule has 1 aromatic carbocycles. The van der Waals surface area contributed by atoms with Crippen LogP contribution in [0.4, 0.5) is 4.39 Å². The number of ether oxygens (including phenoxy) is 1. The van der Waals surface area contributed by atoms with Gasteiger partial charge in [-0.15, -0.1) is 0 Å². The van der Waals surface area contributed by atoms with Gasteiger partial charge in [-0.25, -0.2) is 9.18 Å². The number of hydrogen-bond donors (Lipinski definition) is 1. The van der Waals surface area contributed by atoms with E-state index in [0.29, 0.717) is 17.4 Å². The Morgan fingerprint density at radius 2 is 2.23 bits per heavy atom. The molecule has 0 spiro atoms. The molecule has 1 unspecified atom stereocenters. The maximum atomic E-state index is 14.1. The van der Waals surface area contributed by atoms with E-state index in [-0.39, 0.29) is 18.5 Å². The Bertz CT molecular complexity index is 595. The molecule has 2 rings (SSSR count). The van der Waals surface area contributed by atoms with Crippen molar-refractivity contribution in [1.29, 1.82) is 0 Å². The lowest BCUT2D eigenvalue weighted by Crippen LogP contribution is -2.39. The van der Waals surface area contributed by atoms with Crippen molar-refractivity contribution < 1.29 is 23.8 Å². The number of hydrogen-bond acceptors (Lipinski definition) is 3. The van der Waals surface area contributed by atoms with E-state index in [2.05, 4.69) is 0 Å². The molecule has 1 saturated heterocycles. The summed E-state index contributed by atoms with van der Waals surface area (Å²) >= 11 is 5.91. The molecule has 0 bridgehead atoms.